The van der Waals surface area contributed by atoms with Crippen molar-refractivity contribution in [3.05, 3.63) is 47.1 Å². The summed E-state index contributed by atoms with van der Waals surface area (Å²) >= 11 is 3.45. The first-order chi connectivity index (χ1) is 6.61. The second-order valence-corrected chi connectivity index (χ2v) is 3.70. The summed E-state index contributed by atoms with van der Waals surface area (Å²) in [5, 5.41) is 0. The highest BCUT2D eigenvalue weighted by molar-refractivity contribution is 9.11. The van der Waals surface area contributed by atoms with Crippen molar-refractivity contribution >= 4 is 22.1 Å². The predicted octanol–water partition coefficient (Wildman–Crippen LogP) is 4.39. The number of allylic oxidation sites excluding steroid dienone is 5. The van der Waals surface area contributed by atoms with Crippen molar-refractivity contribution in [1.29, 1.82) is 0 Å². The van der Waals surface area contributed by atoms with Crippen LogP contribution >= 0.6 is 15.9 Å². The zero-order valence-electron chi connectivity index (χ0n) is 8.76. The number of nitrogens with zero attached hydrogens (tertiary/aromatic N) is 1. The molecule has 14 heavy (non-hydrogen) atoms. The molecule has 0 saturated carbocycles. The van der Waals surface area contributed by atoms with Crippen LogP contribution in [0.5, 0.6) is 0 Å². The second kappa shape index (κ2) is 7.51. The molecule has 1 nitrogen and oxygen atoms in total. The third kappa shape index (κ3) is 5.70. The smallest absolute Gasteiger partial charge is 0.0587 e. The van der Waals surface area contributed by atoms with Gasteiger partial charge in [-0.1, -0.05) is 48.2 Å². The summed E-state index contributed by atoms with van der Waals surface area (Å²) in [6.07, 6.45) is 8.37. The molecule has 0 saturated heterocycles. The first-order valence-corrected chi connectivity index (χ1v) is 5.29. The third-order valence-corrected chi connectivity index (χ3v) is 2.10. The number of hydrogen-bond acceptors (Lipinski definition) is 1. The van der Waals surface area contributed by atoms with Gasteiger partial charge >= 0.3 is 0 Å². The van der Waals surface area contributed by atoms with Crippen molar-refractivity contribution in [1.82, 2.24) is 0 Å². The van der Waals surface area contributed by atoms with E-state index in [2.05, 4.69) is 47.1 Å². The number of rotatable bonds is 5. The minimum absolute atomic E-state index is 0.756. The van der Waals surface area contributed by atoms with Crippen molar-refractivity contribution in [3.8, 4) is 0 Å². The summed E-state index contributed by atoms with van der Waals surface area (Å²) in [5.41, 5.74) is 1.80. The number of aliphatic imine (C=N–C) groups is 1. The molecular weight excluding hydrogens is 238 g/mol. The highest BCUT2D eigenvalue weighted by Gasteiger charge is 1.93. The molecule has 0 spiro atoms. The van der Waals surface area contributed by atoms with Crippen LogP contribution in [-0.4, -0.2) is 6.21 Å². The van der Waals surface area contributed by atoms with Gasteiger partial charge in [-0.05, 0) is 25.0 Å². The minimum Gasteiger partial charge on any atom is -0.257 e. The van der Waals surface area contributed by atoms with Crippen LogP contribution in [0.3, 0.4) is 0 Å². The van der Waals surface area contributed by atoms with Crippen LogP contribution in [0.1, 0.15) is 20.3 Å². The molecule has 0 amide bonds. The second-order valence-electron chi connectivity index (χ2n) is 2.79. The molecule has 0 radical (unpaired) electrons. The Morgan fingerprint density at radius 3 is 2.64 bits per heavy atom. The van der Waals surface area contributed by atoms with Gasteiger partial charge in [-0.3, -0.25) is 4.99 Å². The van der Waals surface area contributed by atoms with Crippen molar-refractivity contribution in [2.75, 3.05) is 0 Å². The van der Waals surface area contributed by atoms with E-state index in [9.17, 15) is 0 Å². The van der Waals surface area contributed by atoms with E-state index in [1.54, 1.807) is 12.3 Å². The molecule has 0 aliphatic rings. The van der Waals surface area contributed by atoms with Gasteiger partial charge in [-0.25, -0.2) is 0 Å². The molecule has 76 valence electrons. The predicted molar refractivity (Wildman–Crippen MR) is 68.9 cm³/mol. The molecule has 0 aliphatic heterocycles. The summed E-state index contributed by atoms with van der Waals surface area (Å²) < 4.78 is 1.06. The Kier molecular flexibility index (Phi) is 7.03. The molecule has 0 heterocycles. The number of halogens is 1. The van der Waals surface area contributed by atoms with E-state index in [1.165, 1.54) is 0 Å². The fourth-order valence-corrected chi connectivity index (χ4v) is 1.46. The van der Waals surface area contributed by atoms with Gasteiger partial charge in [0.1, 0.15) is 0 Å². The maximum absolute atomic E-state index is 4.10. The van der Waals surface area contributed by atoms with Gasteiger partial charge in [-0.2, -0.15) is 0 Å². The van der Waals surface area contributed by atoms with E-state index < -0.39 is 0 Å². The summed E-state index contributed by atoms with van der Waals surface area (Å²) in [7, 11) is 0. The fraction of sp³-hybridized carbons (Fsp3) is 0.250. The summed E-state index contributed by atoms with van der Waals surface area (Å²) in [5.74, 6) is 0. The van der Waals surface area contributed by atoms with E-state index in [4.69, 9.17) is 0 Å². The van der Waals surface area contributed by atoms with Crippen LogP contribution in [-0.2, 0) is 0 Å². The van der Waals surface area contributed by atoms with E-state index in [1.807, 2.05) is 13.0 Å². The van der Waals surface area contributed by atoms with Gasteiger partial charge in [0.15, 0.2) is 0 Å². The van der Waals surface area contributed by atoms with Crippen molar-refractivity contribution in [2.24, 2.45) is 4.99 Å². The first-order valence-electron chi connectivity index (χ1n) is 4.50. The average molecular weight is 254 g/mol. The van der Waals surface area contributed by atoms with E-state index >= 15 is 0 Å². The average Bonchev–Trinajstić information content (AvgIpc) is 2.14. The minimum atomic E-state index is 0.756. The summed E-state index contributed by atoms with van der Waals surface area (Å²) in [4.78, 5) is 4.10. The van der Waals surface area contributed by atoms with E-state index in [0.29, 0.717) is 0 Å². The Balaban J connectivity index is 4.52. The molecule has 0 aromatic carbocycles. The molecule has 0 atom stereocenters. The first kappa shape index (κ1) is 13.1. The Labute approximate surface area is 94.8 Å². The van der Waals surface area contributed by atoms with Gasteiger partial charge in [-0.15, -0.1) is 0 Å². The van der Waals surface area contributed by atoms with Crippen LogP contribution < -0.4 is 0 Å². The molecule has 0 fully saturated rings. The van der Waals surface area contributed by atoms with Crippen molar-refractivity contribution in [2.45, 2.75) is 20.3 Å². The fourth-order valence-electron chi connectivity index (χ4n) is 0.789. The maximum Gasteiger partial charge on any atom is 0.0587 e. The highest BCUT2D eigenvalue weighted by Crippen LogP contribution is 2.15. The van der Waals surface area contributed by atoms with Crippen molar-refractivity contribution < 1.29 is 0 Å². The molecule has 0 aliphatic carbocycles. The summed E-state index contributed by atoms with van der Waals surface area (Å²) in [6, 6.07) is 0. The van der Waals surface area contributed by atoms with Crippen LogP contribution in [0, 0.1) is 0 Å². The van der Waals surface area contributed by atoms with Crippen LogP contribution in [0.4, 0.5) is 0 Å². The Morgan fingerprint density at radius 2 is 2.14 bits per heavy atom. The molecule has 0 N–H and O–H groups in total. The van der Waals surface area contributed by atoms with E-state index in [-0.39, 0.29) is 0 Å². The lowest BCUT2D eigenvalue weighted by atomic mass is 10.2. The van der Waals surface area contributed by atoms with Gasteiger partial charge < -0.3 is 0 Å². The topological polar surface area (TPSA) is 12.4 Å². The lowest BCUT2D eigenvalue weighted by Gasteiger charge is -1.98. The Hall–Kier alpha value is -0.890. The number of hydrogen-bond donors (Lipinski definition) is 0. The van der Waals surface area contributed by atoms with Gasteiger partial charge in [0, 0.05) is 10.7 Å². The van der Waals surface area contributed by atoms with E-state index in [0.717, 1.165) is 22.2 Å². The van der Waals surface area contributed by atoms with Crippen molar-refractivity contribution in [3.63, 3.8) is 0 Å². The zero-order chi connectivity index (χ0) is 11.0. The molecule has 0 unspecified atom stereocenters. The molecule has 0 aromatic rings. The SMILES string of the molecule is C=CC=NC(=C)/C(C)=C/C(Br)=C\CC. The molecule has 0 bridgehead atoms. The molecule has 0 aromatic heterocycles. The summed E-state index contributed by atoms with van der Waals surface area (Å²) in [6.45, 7) is 11.5. The van der Waals surface area contributed by atoms with Gasteiger partial charge in [0.25, 0.3) is 0 Å². The monoisotopic (exact) mass is 253 g/mol. The Bertz CT molecular complexity index is 295. The lowest BCUT2D eigenvalue weighted by Crippen LogP contribution is -1.80. The van der Waals surface area contributed by atoms with Crippen LogP contribution in [0.15, 0.2) is 52.1 Å². The van der Waals surface area contributed by atoms with Gasteiger partial charge in [0.05, 0.1) is 5.70 Å². The molecule has 2 heteroatoms. The molecular formula is C12H16BrN. The third-order valence-electron chi connectivity index (χ3n) is 1.54. The van der Waals surface area contributed by atoms with Gasteiger partial charge in [0.2, 0.25) is 0 Å². The Morgan fingerprint density at radius 1 is 1.50 bits per heavy atom. The standard InChI is InChI=1S/C12H16BrN/c1-5-7-12(13)9-10(3)11(4)14-8-6-2/h6-9H,2,4-5H2,1,3H3/b10-9+,12-7+,14-8?. The zero-order valence-corrected chi connectivity index (χ0v) is 10.3. The molecule has 0 rings (SSSR count). The largest absolute Gasteiger partial charge is 0.257 e. The van der Waals surface area contributed by atoms with Crippen LogP contribution in [0.2, 0.25) is 0 Å². The lowest BCUT2D eigenvalue weighted by molar-refractivity contribution is 1.22. The van der Waals surface area contributed by atoms with Crippen LogP contribution in [0.25, 0.3) is 0 Å². The highest BCUT2D eigenvalue weighted by atomic mass is 79.9. The normalized spacial score (nSPS) is 13.4. The maximum atomic E-state index is 4.10. The quantitative estimate of drug-likeness (QED) is 0.509.